The second-order valence-electron chi connectivity index (χ2n) is 2.74. The predicted molar refractivity (Wildman–Crippen MR) is 49.9 cm³/mol. The highest BCUT2D eigenvalue weighted by atomic mass is 16.5. The van der Waals surface area contributed by atoms with Crippen molar-refractivity contribution in [3.63, 3.8) is 0 Å². The molecule has 0 saturated heterocycles. The Labute approximate surface area is 79.2 Å². The van der Waals surface area contributed by atoms with Gasteiger partial charge in [0.2, 0.25) is 0 Å². The van der Waals surface area contributed by atoms with Crippen molar-refractivity contribution < 1.29 is 14.0 Å². The van der Waals surface area contributed by atoms with E-state index in [1.54, 1.807) is 12.1 Å². The number of hydrogen-bond donors (Lipinski definition) is 1. The van der Waals surface area contributed by atoms with E-state index in [1.807, 2.05) is 0 Å². The first-order valence-electron chi connectivity index (χ1n) is 3.99. The first-order valence-corrected chi connectivity index (χ1v) is 3.99. The molecule has 0 saturated carbocycles. The molecular weight excluding hydrogens is 186 g/mol. The number of hydrogen-bond acceptors (Lipinski definition) is 4. The van der Waals surface area contributed by atoms with Crippen LogP contribution in [0.15, 0.2) is 21.5 Å². The van der Waals surface area contributed by atoms with Gasteiger partial charge in [-0.05, 0) is 0 Å². The van der Waals surface area contributed by atoms with Crippen LogP contribution in [0.3, 0.4) is 0 Å². The molecule has 2 aromatic rings. The van der Waals surface area contributed by atoms with Crippen molar-refractivity contribution in [1.82, 2.24) is 5.16 Å². The maximum Gasteiger partial charge on any atom is 0.287 e. The van der Waals surface area contributed by atoms with Crippen molar-refractivity contribution in [3.8, 4) is 11.5 Å². The van der Waals surface area contributed by atoms with Crippen molar-refractivity contribution in [2.45, 2.75) is 0 Å². The molecule has 0 aliphatic rings. The van der Waals surface area contributed by atoms with Crippen LogP contribution in [-0.4, -0.2) is 19.4 Å². The monoisotopic (exact) mass is 195 g/mol. The molecule has 0 radical (unpaired) electrons. The fourth-order valence-electron chi connectivity index (χ4n) is 1.28. The number of ether oxygens (including phenoxy) is 2. The van der Waals surface area contributed by atoms with Gasteiger partial charge in [0.15, 0.2) is 17.1 Å². The van der Waals surface area contributed by atoms with Crippen LogP contribution in [0.2, 0.25) is 0 Å². The van der Waals surface area contributed by atoms with Gasteiger partial charge in [-0.2, -0.15) is 5.16 Å². The number of H-pyrrole nitrogens is 1. The van der Waals surface area contributed by atoms with Crippen molar-refractivity contribution in [2.24, 2.45) is 0 Å². The molecule has 0 amide bonds. The number of aromatic amines is 1. The third kappa shape index (κ3) is 1.14. The van der Waals surface area contributed by atoms with Gasteiger partial charge >= 0.3 is 0 Å². The Morgan fingerprint density at radius 3 is 2.50 bits per heavy atom. The summed E-state index contributed by atoms with van der Waals surface area (Å²) in [5.41, 5.74) is 0.175. The van der Waals surface area contributed by atoms with Gasteiger partial charge in [-0.25, -0.2) is 0 Å². The van der Waals surface area contributed by atoms with Crippen LogP contribution >= 0.6 is 0 Å². The average Bonchev–Trinajstić information content (AvgIpc) is 2.58. The minimum atomic E-state index is -0.277. The van der Waals surface area contributed by atoms with Gasteiger partial charge in [0.25, 0.3) is 5.56 Å². The highest BCUT2D eigenvalue weighted by Gasteiger charge is 2.10. The lowest BCUT2D eigenvalue weighted by Crippen LogP contribution is -1.97. The predicted octanol–water partition coefficient (Wildman–Crippen LogP) is 1.14. The van der Waals surface area contributed by atoms with E-state index in [-0.39, 0.29) is 5.56 Å². The molecule has 1 heterocycles. The standard InChI is InChI=1S/C9H9NO4/c1-12-7-3-5-6(4-8(7)13-2)14-10-9(5)11/h3-4H,1-2H3,(H,10,11). The first-order chi connectivity index (χ1) is 6.76. The van der Waals surface area contributed by atoms with E-state index in [4.69, 9.17) is 14.0 Å². The fourth-order valence-corrected chi connectivity index (χ4v) is 1.28. The van der Waals surface area contributed by atoms with Crippen molar-refractivity contribution in [2.75, 3.05) is 14.2 Å². The Hall–Kier alpha value is -1.91. The van der Waals surface area contributed by atoms with E-state index in [1.165, 1.54) is 14.2 Å². The molecule has 0 unspecified atom stereocenters. The van der Waals surface area contributed by atoms with E-state index >= 15 is 0 Å². The number of methoxy groups -OCH3 is 2. The second kappa shape index (κ2) is 3.10. The van der Waals surface area contributed by atoms with Crippen LogP contribution in [0, 0.1) is 0 Å². The maximum absolute atomic E-state index is 11.2. The lowest BCUT2D eigenvalue weighted by molar-refractivity contribution is 0.354. The second-order valence-corrected chi connectivity index (χ2v) is 2.74. The SMILES string of the molecule is COc1cc2o[nH]c(=O)c2cc1OC. The molecule has 0 fully saturated rings. The van der Waals surface area contributed by atoms with E-state index in [2.05, 4.69) is 5.16 Å². The van der Waals surface area contributed by atoms with E-state index in [9.17, 15) is 4.79 Å². The molecule has 5 heteroatoms. The minimum Gasteiger partial charge on any atom is -0.493 e. The Kier molecular flexibility index (Phi) is 1.92. The zero-order chi connectivity index (χ0) is 10.1. The molecule has 1 N–H and O–H groups in total. The molecule has 1 aromatic carbocycles. The summed E-state index contributed by atoms with van der Waals surface area (Å²) >= 11 is 0. The lowest BCUT2D eigenvalue weighted by atomic mass is 10.2. The molecule has 0 spiro atoms. The average molecular weight is 195 g/mol. The molecule has 0 atom stereocenters. The summed E-state index contributed by atoms with van der Waals surface area (Å²) in [6.07, 6.45) is 0. The van der Waals surface area contributed by atoms with Crippen molar-refractivity contribution in [3.05, 3.63) is 22.5 Å². The normalized spacial score (nSPS) is 10.4. The Balaban J connectivity index is 2.77. The van der Waals surface area contributed by atoms with Gasteiger partial charge in [-0.1, -0.05) is 0 Å². The van der Waals surface area contributed by atoms with Crippen molar-refractivity contribution in [1.29, 1.82) is 0 Å². The quantitative estimate of drug-likeness (QED) is 0.780. The van der Waals surface area contributed by atoms with Crippen LogP contribution in [0.1, 0.15) is 0 Å². The summed E-state index contributed by atoms with van der Waals surface area (Å²) in [5, 5.41) is 2.68. The minimum absolute atomic E-state index is 0.277. The van der Waals surface area contributed by atoms with Crippen LogP contribution in [0.4, 0.5) is 0 Å². The number of nitrogens with one attached hydrogen (secondary N) is 1. The van der Waals surface area contributed by atoms with Gasteiger partial charge in [0, 0.05) is 12.1 Å². The topological polar surface area (TPSA) is 64.5 Å². The summed E-state index contributed by atoms with van der Waals surface area (Å²) in [5.74, 6) is 1.04. The zero-order valence-corrected chi connectivity index (χ0v) is 7.79. The van der Waals surface area contributed by atoms with E-state index in [0.29, 0.717) is 22.5 Å². The zero-order valence-electron chi connectivity index (χ0n) is 7.79. The third-order valence-corrected chi connectivity index (χ3v) is 1.98. The van der Waals surface area contributed by atoms with E-state index in [0.717, 1.165) is 0 Å². The van der Waals surface area contributed by atoms with E-state index < -0.39 is 0 Å². The summed E-state index contributed by atoms with van der Waals surface area (Å²) in [6, 6.07) is 3.18. The molecule has 0 aliphatic heterocycles. The fraction of sp³-hybridized carbons (Fsp3) is 0.222. The van der Waals surface area contributed by atoms with Crippen LogP contribution in [0.5, 0.6) is 11.5 Å². The number of benzene rings is 1. The van der Waals surface area contributed by atoms with Gasteiger partial charge in [0.1, 0.15) is 0 Å². The number of aromatic nitrogens is 1. The Morgan fingerprint density at radius 2 is 1.86 bits per heavy atom. The molecule has 2 rings (SSSR count). The Morgan fingerprint density at radius 1 is 1.21 bits per heavy atom. The highest BCUT2D eigenvalue weighted by molar-refractivity contribution is 5.80. The largest absolute Gasteiger partial charge is 0.493 e. The smallest absolute Gasteiger partial charge is 0.287 e. The summed E-state index contributed by atoms with van der Waals surface area (Å²) in [7, 11) is 3.03. The summed E-state index contributed by atoms with van der Waals surface area (Å²) < 4.78 is 15.0. The molecular formula is C9H9NO4. The van der Waals surface area contributed by atoms with Crippen LogP contribution in [-0.2, 0) is 0 Å². The summed E-state index contributed by atoms with van der Waals surface area (Å²) in [4.78, 5) is 11.2. The third-order valence-electron chi connectivity index (χ3n) is 1.98. The maximum atomic E-state index is 11.2. The Bertz CT molecular complexity index is 511. The lowest BCUT2D eigenvalue weighted by Gasteiger charge is -2.05. The van der Waals surface area contributed by atoms with Gasteiger partial charge in [0.05, 0.1) is 19.6 Å². The number of fused-ring (bicyclic) bond motifs is 1. The molecule has 5 nitrogen and oxygen atoms in total. The van der Waals surface area contributed by atoms with Crippen molar-refractivity contribution >= 4 is 11.0 Å². The van der Waals surface area contributed by atoms with Gasteiger partial charge < -0.3 is 14.0 Å². The molecule has 14 heavy (non-hydrogen) atoms. The number of rotatable bonds is 2. The molecule has 74 valence electrons. The van der Waals surface area contributed by atoms with Crippen LogP contribution in [0.25, 0.3) is 11.0 Å². The summed E-state index contributed by atoms with van der Waals surface area (Å²) in [6.45, 7) is 0. The molecule has 0 bridgehead atoms. The first kappa shape index (κ1) is 8.68. The molecule has 1 aromatic heterocycles. The van der Waals surface area contributed by atoms with Gasteiger partial charge in [-0.3, -0.25) is 4.79 Å². The molecule has 0 aliphatic carbocycles. The highest BCUT2D eigenvalue weighted by Crippen LogP contribution is 2.30. The van der Waals surface area contributed by atoms with Gasteiger partial charge in [-0.15, -0.1) is 0 Å². The van der Waals surface area contributed by atoms with Crippen LogP contribution < -0.4 is 15.0 Å².